The van der Waals surface area contributed by atoms with Crippen LogP contribution in [0, 0.1) is 0 Å². The van der Waals surface area contributed by atoms with Crippen molar-refractivity contribution < 1.29 is 0 Å². The van der Waals surface area contributed by atoms with Crippen molar-refractivity contribution in [2.75, 3.05) is 0 Å². The van der Waals surface area contributed by atoms with Gasteiger partial charge in [-0.25, -0.2) is 0 Å². The SMILES string of the molecule is C[Si](C)(C)c1cc2cc3sc([Si](C)(C)C)cc3cc2s1. The van der Waals surface area contributed by atoms with Crippen LogP contribution in [0.25, 0.3) is 20.2 Å². The molecule has 0 saturated heterocycles. The topological polar surface area (TPSA) is 0 Å². The average Bonchev–Trinajstić information content (AvgIpc) is 2.85. The fourth-order valence-corrected chi connectivity index (χ4v) is 8.29. The highest BCUT2D eigenvalue weighted by molar-refractivity contribution is 7.32. The molecule has 0 radical (unpaired) electrons. The molecule has 0 fully saturated rings. The summed E-state index contributed by atoms with van der Waals surface area (Å²) >= 11 is 4.03. The lowest BCUT2D eigenvalue weighted by Gasteiger charge is -2.12. The summed E-state index contributed by atoms with van der Waals surface area (Å²) in [7, 11) is -2.37. The van der Waals surface area contributed by atoms with Gasteiger partial charge in [0, 0.05) is 9.40 Å². The van der Waals surface area contributed by atoms with Gasteiger partial charge in [0.1, 0.15) is 0 Å². The first-order chi connectivity index (χ1) is 9.14. The highest BCUT2D eigenvalue weighted by Crippen LogP contribution is 2.30. The summed E-state index contributed by atoms with van der Waals surface area (Å²) in [6.45, 7) is 14.6. The zero-order chi connectivity index (χ0) is 14.7. The fourth-order valence-electron chi connectivity index (χ4n) is 2.31. The minimum Gasteiger partial charge on any atom is -0.145 e. The standard InChI is InChI=1S/C16H22S2Si2/c1-19(2,3)15-9-11-7-14-12(8-13(11)17-15)10-16(18-14)20(4,5)6/h7-10H,1-6H3. The smallest absolute Gasteiger partial charge is 0.0904 e. The highest BCUT2D eigenvalue weighted by Gasteiger charge is 2.21. The maximum Gasteiger partial charge on any atom is 0.0904 e. The molecule has 2 heterocycles. The number of benzene rings is 1. The molecule has 0 saturated carbocycles. The van der Waals surface area contributed by atoms with Gasteiger partial charge in [0.05, 0.1) is 16.1 Å². The van der Waals surface area contributed by atoms with Crippen LogP contribution in [-0.4, -0.2) is 16.1 Å². The van der Waals surface area contributed by atoms with Crippen LogP contribution < -0.4 is 9.00 Å². The molecule has 3 rings (SSSR count). The second kappa shape index (κ2) is 4.53. The molecule has 0 atom stereocenters. The Balaban J connectivity index is 2.20. The van der Waals surface area contributed by atoms with Gasteiger partial charge in [-0.1, -0.05) is 39.3 Å². The normalized spacial score (nSPS) is 13.5. The fraction of sp³-hybridized carbons (Fsp3) is 0.375. The van der Waals surface area contributed by atoms with Crippen LogP contribution in [0.5, 0.6) is 0 Å². The van der Waals surface area contributed by atoms with E-state index in [0.29, 0.717) is 0 Å². The first-order valence-electron chi connectivity index (χ1n) is 7.13. The number of fused-ring (bicyclic) bond motifs is 2. The molecule has 0 aliphatic heterocycles. The van der Waals surface area contributed by atoms with E-state index >= 15 is 0 Å². The number of thiophene rings is 2. The molecule has 0 bridgehead atoms. The predicted molar refractivity (Wildman–Crippen MR) is 103 cm³/mol. The van der Waals surface area contributed by atoms with Crippen LogP contribution >= 0.6 is 22.7 Å². The monoisotopic (exact) mass is 334 g/mol. The van der Waals surface area contributed by atoms with Gasteiger partial charge in [0.15, 0.2) is 0 Å². The van der Waals surface area contributed by atoms with Gasteiger partial charge in [-0.2, -0.15) is 0 Å². The summed E-state index contributed by atoms with van der Waals surface area (Å²) in [4.78, 5) is 0. The molecule has 3 aromatic rings. The van der Waals surface area contributed by atoms with E-state index in [1.165, 1.54) is 20.2 Å². The lowest BCUT2D eigenvalue weighted by molar-refractivity contribution is 1.79. The minimum absolute atomic E-state index is 1.18. The average molecular weight is 335 g/mol. The van der Waals surface area contributed by atoms with E-state index in [0.717, 1.165) is 0 Å². The van der Waals surface area contributed by atoms with Crippen LogP contribution in [0.4, 0.5) is 0 Å². The Hall–Kier alpha value is -0.426. The number of hydrogen-bond acceptors (Lipinski definition) is 2. The second-order valence-corrected chi connectivity index (χ2v) is 20.6. The lowest BCUT2D eigenvalue weighted by Crippen LogP contribution is -2.34. The van der Waals surface area contributed by atoms with Crippen molar-refractivity contribution >= 4 is 68.0 Å². The molecule has 106 valence electrons. The van der Waals surface area contributed by atoms with Crippen molar-refractivity contribution in [2.24, 2.45) is 0 Å². The van der Waals surface area contributed by atoms with Gasteiger partial charge >= 0.3 is 0 Å². The van der Waals surface area contributed by atoms with Crippen LogP contribution in [0.3, 0.4) is 0 Å². The van der Waals surface area contributed by atoms with Gasteiger partial charge in [0.25, 0.3) is 0 Å². The Morgan fingerprint density at radius 3 is 1.25 bits per heavy atom. The van der Waals surface area contributed by atoms with Gasteiger partial charge in [-0.15, -0.1) is 22.7 Å². The zero-order valence-electron chi connectivity index (χ0n) is 13.1. The van der Waals surface area contributed by atoms with E-state index in [1.807, 2.05) is 22.7 Å². The summed E-state index contributed by atoms with van der Waals surface area (Å²) in [6.07, 6.45) is 0. The first-order valence-corrected chi connectivity index (χ1v) is 15.8. The summed E-state index contributed by atoms with van der Waals surface area (Å²) in [6, 6.07) is 9.72. The molecular formula is C16H22S2Si2. The van der Waals surface area contributed by atoms with Crippen molar-refractivity contribution in [1.82, 2.24) is 0 Å². The predicted octanol–water partition coefficient (Wildman–Crippen LogP) is 5.21. The van der Waals surface area contributed by atoms with E-state index < -0.39 is 16.1 Å². The van der Waals surface area contributed by atoms with Crippen LogP contribution in [0.2, 0.25) is 39.3 Å². The third-order valence-corrected chi connectivity index (χ3v) is 13.0. The van der Waals surface area contributed by atoms with Gasteiger partial charge in [-0.3, -0.25) is 0 Å². The van der Waals surface area contributed by atoms with Crippen molar-refractivity contribution in [2.45, 2.75) is 39.3 Å². The molecule has 1 aromatic carbocycles. The molecule has 0 amide bonds. The summed E-state index contributed by atoms with van der Waals surface area (Å²) < 4.78 is 6.18. The van der Waals surface area contributed by atoms with Crippen molar-refractivity contribution in [3.05, 3.63) is 24.3 Å². The zero-order valence-corrected chi connectivity index (χ0v) is 16.8. The van der Waals surface area contributed by atoms with Crippen LogP contribution in [-0.2, 0) is 0 Å². The Bertz CT molecular complexity index is 668. The maximum atomic E-state index is 2.44. The summed E-state index contributed by atoms with van der Waals surface area (Å²) in [5, 5.41) is 2.90. The Morgan fingerprint density at radius 1 is 0.600 bits per heavy atom. The summed E-state index contributed by atoms with van der Waals surface area (Å²) in [5.41, 5.74) is 0. The van der Waals surface area contributed by atoms with E-state index in [2.05, 4.69) is 63.5 Å². The first kappa shape index (κ1) is 14.5. The number of hydrogen-bond donors (Lipinski definition) is 0. The third kappa shape index (κ3) is 2.54. The molecule has 4 heteroatoms. The molecule has 0 aliphatic carbocycles. The lowest BCUT2D eigenvalue weighted by atomic mass is 10.2. The Kier molecular flexibility index (Phi) is 3.29. The van der Waals surface area contributed by atoms with Crippen LogP contribution in [0.1, 0.15) is 0 Å². The summed E-state index contributed by atoms with van der Waals surface area (Å²) in [5.74, 6) is 0. The second-order valence-electron chi connectivity index (χ2n) is 7.65. The van der Waals surface area contributed by atoms with E-state index in [-0.39, 0.29) is 0 Å². The van der Waals surface area contributed by atoms with E-state index in [4.69, 9.17) is 0 Å². The molecule has 0 aliphatic rings. The van der Waals surface area contributed by atoms with Gasteiger partial charge < -0.3 is 0 Å². The highest BCUT2D eigenvalue weighted by atomic mass is 32.1. The van der Waals surface area contributed by atoms with Crippen LogP contribution in [0.15, 0.2) is 24.3 Å². The third-order valence-electron chi connectivity index (χ3n) is 3.63. The Labute approximate surface area is 131 Å². The molecule has 0 unspecified atom stereocenters. The molecule has 0 nitrogen and oxygen atoms in total. The molecule has 20 heavy (non-hydrogen) atoms. The molecule has 2 aromatic heterocycles. The van der Waals surface area contributed by atoms with E-state index in [1.54, 1.807) is 9.00 Å². The Morgan fingerprint density at radius 2 is 0.950 bits per heavy atom. The molecule has 0 N–H and O–H groups in total. The largest absolute Gasteiger partial charge is 0.145 e. The van der Waals surface area contributed by atoms with Gasteiger partial charge in [-0.05, 0) is 44.0 Å². The van der Waals surface area contributed by atoms with E-state index in [9.17, 15) is 0 Å². The molecular weight excluding hydrogens is 312 g/mol. The molecule has 0 spiro atoms. The maximum absolute atomic E-state index is 2.44. The minimum atomic E-state index is -1.18. The van der Waals surface area contributed by atoms with Crippen molar-refractivity contribution in [3.8, 4) is 0 Å². The van der Waals surface area contributed by atoms with Gasteiger partial charge in [0.2, 0.25) is 0 Å². The van der Waals surface area contributed by atoms with Crippen molar-refractivity contribution in [3.63, 3.8) is 0 Å². The number of rotatable bonds is 2. The van der Waals surface area contributed by atoms with Crippen molar-refractivity contribution in [1.29, 1.82) is 0 Å². The quantitative estimate of drug-likeness (QED) is 0.565.